The van der Waals surface area contributed by atoms with E-state index in [-0.39, 0.29) is 11.5 Å². The van der Waals surface area contributed by atoms with Crippen molar-refractivity contribution in [1.82, 2.24) is 0 Å². The van der Waals surface area contributed by atoms with Gasteiger partial charge in [0.1, 0.15) is 5.75 Å². The van der Waals surface area contributed by atoms with Crippen molar-refractivity contribution in [1.29, 1.82) is 0 Å². The molecule has 0 heterocycles. The lowest BCUT2D eigenvalue weighted by Crippen LogP contribution is -2.01. The highest BCUT2D eigenvalue weighted by molar-refractivity contribution is 5.87. The molecule has 0 aromatic heterocycles. The molecule has 0 aliphatic heterocycles. The third-order valence-corrected chi connectivity index (χ3v) is 3.82. The van der Waals surface area contributed by atoms with Crippen molar-refractivity contribution in [3.63, 3.8) is 0 Å². The Hall–Kier alpha value is -2.30. The van der Waals surface area contributed by atoms with E-state index < -0.39 is 5.97 Å². The largest absolute Gasteiger partial charge is 0.494 e. The summed E-state index contributed by atoms with van der Waals surface area (Å²) in [5.41, 5.74) is 0.270. The molecule has 0 spiro atoms. The zero-order valence-corrected chi connectivity index (χ0v) is 14.7. The molecular weight excluding hydrogens is 320 g/mol. The molecule has 0 radical (unpaired) electrons. The van der Waals surface area contributed by atoms with Gasteiger partial charge < -0.3 is 14.6 Å². The van der Waals surface area contributed by atoms with Crippen LogP contribution in [0.4, 0.5) is 0 Å². The maximum Gasteiger partial charge on any atom is 0.335 e. The van der Waals surface area contributed by atoms with Crippen molar-refractivity contribution in [2.45, 2.75) is 51.4 Å². The van der Waals surface area contributed by atoms with Crippen LogP contribution in [-0.2, 0) is 9.53 Å². The normalized spacial score (nSPS) is 10.2. The van der Waals surface area contributed by atoms with Gasteiger partial charge >= 0.3 is 11.9 Å². The van der Waals surface area contributed by atoms with Crippen molar-refractivity contribution in [3.05, 3.63) is 42.5 Å². The first kappa shape index (κ1) is 20.7. The molecule has 1 N–H and O–H groups in total. The number of ether oxygens (including phenoxy) is 2. The number of benzene rings is 1. The molecule has 0 atom stereocenters. The summed E-state index contributed by atoms with van der Waals surface area (Å²) >= 11 is 0. The van der Waals surface area contributed by atoms with Gasteiger partial charge in [0.05, 0.1) is 18.8 Å². The topological polar surface area (TPSA) is 72.8 Å². The van der Waals surface area contributed by atoms with Gasteiger partial charge in [0.25, 0.3) is 0 Å². The lowest BCUT2D eigenvalue weighted by molar-refractivity contribution is -0.137. The Bertz CT molecular complexity index is 521. The monoisotopic (exact) mass is 348 g/mol. The fraction of sp³-hybridized carbons (Fsp3) is 0.500. The maximum absolute atomic E-state index is 10.8. The Morgan fingerprint density at radius 1 is 0.880 bits per heavy atom. The number of hydrogen-bond donors (Lipinski definition) is 1. The van der Waals surface area contributed by atoms with Gasteiger partial charge in [-0.3, -0.25) is 0 Å². The Balaban J connectivity index is 1.89. The second kappa shape index (κ2) is 13.0. The van der Waals surface area contributed by atoms with Crippen molar-refractivity contribution < 1.29 is 24.2 Å². The number of rotatable bonds is 14. The van der Waals surface area contributed by atoms with Crippen LogP contribution in [0.3, 0.4) is 0 Å². The van der Waals surface area contributed by atoms with Crippen molar-refractivity contribution in [3.8, 4) is 5.75 Å². The highest BCUT2D eigenvalue weighted by Crippen LogP contribution is 2.13. The van der Waals surface area contributed by atoms with Crippen molar-refractivity contribution in [2.24, 2.45) is 0 Å². The summed E-state index contributed by atoms with van der Waals surface area (Å²) in [6.45, 7) is 4.49. The minimum Gasteiger partial charge on any atom is -0.494 e. The predicted octanol–water partition coefficient (Wildman–Crippen LogP) is 4.61. The van der Waals surface area contributed by atoms with Gasteiger partial charge in [0.15, 0.2) is 0 Å². The maximum atomic E-state index is 10.8. The standard InChI is InChI=1S/C20H28O5/c1-2-19(21)25-16-10-8-6-4-3-5-7-9-15-24-18-13-11-17(12-14-18)20(22)23/h2,11-14H,1,3-10,15-16H2,(H,22,23). The van der Waals surface area contributed by atoms with E-state index in [0.717, 1.165) is 32.1 Å². The van der Waals surface area contributed by atoms with Gasteiger partial charge in [-0.2, -0.15) is 0 Å². The Labute approximate surface area is 149 Å². The van der Waals surface area contributed by atoms with E-state index >= 15 is 0 Å². The summed E-state index contributed by atoms with van der Waals surface area (Å²) in [7, 11) is 0. The Kier molecular flexibility index (Phi) is 10.8. The first-order chi connectivity index (χ1) is 12.1. The van der Waals surface area contributed by atoms with E-state index in [2.05, 4.69) is 6.58 Å². The molecule has 0 aliphatic rings. The van der Waals surface area contributed by atoms with Gasteiger partial charge in [0.2, 0.25) is 0 Å². The third-order valence-electron chi connectivity index (χ3n) is 3.82. The first-order valence-corrected chi connectivity index (χ1v) is 8.89. The van der Waals surface area contributed by atoms with E-state index in [1.54, 1.807) is 24.3 Å². The van der Waals surface area contributed by atoms with Gasteiger partial charge in [-0.1, -0.05) is 45.1 Å². The lowest BCUT2D eigenvalue weighted by Gasteiger charge is -2.06. The first-order valence-electron chi connectivity index (χ1n) is 8.89. The molecule has 25 heavy (non-hydrogen) atoms. The molecule has 0 amide bonds. The second-order valence-electron chi connectivity index (χ2n) is 5.88. The summed E-state index contributed by atoms with van der Waals surface area (Å²) < 4.78 is 10.5. The van der Waals surface area contributed by atoms with Crippen LogP contribution in [0.5, 0.6) is 5.75 Å². The molecule has 0 bridgehead atoms. The highest BCUT2D eigenvalue weighted by Gasteiger charge is 2.02. The summed E-state index contributed by atoms with van der Waals surface area (Å²) in [5.74, 6) is -0.563. The van der Waals surface area contributed by atoms with E-state index in [4.69, 9.17) is 14.6 Å². The number of carbonyl (C=O) groups excluding carboxylic acids is 1. The molecule has 0 saturated carbocycles. The smallest absolute Gasteiger partial charge is 0.335 e. The molecule has 5 nitrogen and oxygen atoms in total. The van der Waals surface area contributed by atoms with Crippen LogP contribution in [0, 0.1) is 0 Å². The van der Waals surface area contributed by atoms with Crippen molar-refractivity contribution in [2.75, 3.05) is 13.2 Å². The van der Waals surface area contributed by atoms with Crippen LogP contribution in [0.2, 0.25) is 0 Å². The highest BCUT2D eigenvalue weighted by atomic mass is 16.5. The number of aromatic carboxylic acids is 1. The van der Waals surface area contributed by atoms with Gasteiger partial charge in [-0.25, -0.2) is 9.59 Å². The average molecular weight is 348 g/mol. The minimum atomic E-state index is -0.927. The molecule has 0 saturated heterocycles. The molecule has 0 fully saturated rings. The molecule has 138 valence electrons. The van der Waals surface area contributed by atoms with E-state index in [9.17, 15) is 9.59 Å². The third kappa shape index (κ3) is 10.2. The minimum absolute atomic E-state index is 0.270. The van der Waals surface area contributed by atoms with Crippen LogP contribution in [0.15, 0.2) is 36.9 Å². The Morgan fingerprint density at radius 2 is 1.40 bits per heavy atom. The van der Waals surface area contributed by atoms with E-state index in [1.165, 1.54) is 25.3 Å². The number of unbranched alkanes of at least 4 members (excludes halogenated alkanes) is 7. The van der Waals surface area contributed by atoms with E-state index in [0.29, 0.717) is 19.0 Å². The van der Waals surface area contributed by atoms with Gasteiger partial charge in [0, 0.05) is 6.08 Å². The van der Waals surface area contributed by atoms with Crippen LogP contribution in [0.25, 0.3) is 0 Å². The second-order valence-corrected chi connectivity index (χ2v) is 5.88. The number of carboxylic acids is 1. The average Bonchev–Trinajstić information content (AvgIpc) is 2.62. The fourth-order valence-corrected chi connectivity index (χ4v) is 2.38. The van der Waals surface area contributed by atoms with Crippen LogP contribution >= 0.6 is 0 Å². The Morgan fingerprint density at radius 3 is 1.92 bits per heavy atom. The van der Waals surface area contributed by atoms with Crippen LogP contribution in [0.1, 0.15) is 61.7 Å². The van der Waals surface area contributed by atoms with Crippen molar-refractivity contribution >= 4 is 11.9 Å². The molecule has 1 rings (SSSR count). The molecule has 0 unspecified atom stereocenters. The number of hydrogen-bond acceptors (Lipinski definition) is 4. The lowest BCUT2D eigenvalue weighted by atomic mass is 10.1. The molecule has 1 aromatic rings. The molecule has 1 aromatic carbocycles. The zero-order chi connectivity index (χ0) is 18.3. The zero-order valence-electron chi connectivity index (χ0n) is 14.7. The summed E-state index contributed by atoms with van der Waals surface area (Å²) in [4.78, 5) is 21.6. The van der Waals surface area contributed by atoms with Crippen LogP contribution < -0.4 is 4.74 Å². The van der Waals surface area contributed by atoms with Crippen LogP contribution in [-0.4, -0.2) is 30.3 Å². The number of carbonyl (C=O) groups is 2. The SMILES string of the molecule is C=CC(=O)OCCCCCCCCCCOc1ccc(C(=O)O)cc1. The number of esters is 1. The summed E-state index contributed by atoms with van der Waals surface area (Å²) in [6.07, 6.45) is 10.1. The predicted molar refractivity (Wildman–Crippen MR) is 97.0 cm³/mol. The molecule has 0 aliphatic carbocycles. The fourth-order valence-electron chi connectivity index (χ4n) is 2.38. The summed E-state index contributed by atoms with van der Waals surface area (Å²) in [5, 5.41) is 8.82. The van der Waals surface area contributed by atoms with E-state index in [1.807, 2.05) is 0 Å². The molecule has 5 heteroatoms. The summed E-state index contributed by atoms with van der Waals surface area (Å²) in [6, 6.07) is 6.48. The number of carboxylic acid groups (broad SMARTS) is 1. The van der Waals surface area contributed by atoms with Gasteiger partial charge in [-0.15, -0.1) is 0 Å². The molecular formula is C20H28O5. The quantitative estimate of drug-likeness (QED) is 0.302. The van der Waals surface area contributed by atoms with Gasteiger partial charge in [-0.05, 0) is 37.1 Å².